The molecule has 0 saturated carbocycles. The molecule has 118 valence electrons. The van der Waals surface area contributed by atoms with Crippen molar-refractivity contribution in [1.82, 2.24) is 4.90 Å². The lowest BCUT2D eigenvalue weighted by Crippen LogP contribution is -2.33. The van der Waals surface area contributed by atoms with Crippen LogP contribution in [0.4, 0.5) is 0 Å². The monoisotopic (exact) mass is 297 g/mol. The van der Waals surface area contributed by atoms with Crippen LogP contribution in [0, 0.1) is 6.92 Å². The maximum atomic E-state index is 9.90. The van der Waals surface area contributed by atoms with Gasteiger partial charge in [-0.05, 0) is 62.5 Å². The Balaban J connectivity index is 2.04. The lowest BCUT2D eigenvalue weighted by atomic mass is 9.97. The number of likely N-dealkylation sites (N-methyl/N-ethyl adjacent to an activating group) is 1. The van der Waals surface area contributed by atoms with Crippen LogP contribution in [0.15, 0.2) is 48.5 Å². The van der Waals surface area contributed by atoms with Crippen molar-refractivity contribution in [3.05, 3.63) is 65.2 Å². The van der Waals surface area contributed by atoms with Crippen LogP contribution in [0.3, 0.4) is 0 Å². The van der Waals surface area contributed by atoms with Crippen LogP contribution in [0.5, 0.6) is 5.75 Å². The summed E-state index contributed by atoms with van der Waals surface area (Å²) in [6.45, 7) is 5.17. The van der Waals surface area contributed by atoms with E-state index in [9.17, 15) is 5.11 Å². The summed E-state index contributed by atoms with van der Waals surface area (Å²) in [5, 5.41) is 9.90. The number of rotatable bonds is 7. The van der Waals surface area contributed by atoms with E-state index in [0.717, 1.165) is 31.4 Å². The van der Waals surface area contributed by atoms with Crippen LogP contribution >= 0.6 is 0 Å². The highest BCUT2D eigenvalue weighted by molar-refractivity contribution is 5.35. The van der Waals surface area contributed by atoms with Crippen LogP contribution in [-0.2, 0) is 12.8 Å². The number of aromatic hydroxyl groups is 1. The van der Waals surface area contributed by atoms with Crippen molar-refractivity contribution in [3.8, 4) is 5.75 Å². The van der Waals surface area contributed by atoms with Crippen LogP contribution in [-0.4, -0.2) is 29.6 Å². The zero-order valence-electron chi connectivity index (χ0n) is 13.9. The van der Waals surface area contributed by atoms with Gasteiger partial charge in [0.25, 0.3) is 0 Å². The van der Waals surface area contributed by atoms with E-state index in [-0.39, 0.29) is 0 Å². The van der Waals surface area contributed by atoms with Gasteiger partial charge in [-0.15, -0.1) is 0 Å². The molecule has 0 bridgehead atoms. The molecule has 0 aliphatic heterocycles. The minimum absolute atomic E-state index is 0.401. The fraction of sp³-hybridized carbons (Fsp3) is 0.400. The van der Waals surface area contributed by atoms with Crippen LogP contribution in [0.2, 0.25) is 0 Å². The molecule has 0 spiro atoms. The number of aryl methyl sites for hydroxylation is 2. The van der Waals surface area contributed by atoms with Gasteiger partial charge in [0.15, 0.2) is 0 Å². The topological polar surface area (TPSA) is 23.5 Å². The summed E-state index contributed by atoms with van der Waals surface area (Å²) in [5.74, 6) is 0.401. The normalized spacial score (nSPS) is 12.5. The Bertz CT molecular complexity index is 580. The lowest BCUT2D eigenvalue weighted by molar-refractivity contribution is 0.239. The quantitative estimate of drug-likeness (QED) is 0.828. The van der Waals surface area contributed by atoms with E-state index in [1.54, 1.807) is 0 Å². The van der Waals surface area contributed by atoms with Crippen molar-refractivity contribution in [1.29, 1.82) is 0 Å². The molecule has 22 heavy (non-hydrogen) atoms. The first-order chi connectivity index (χ1) is 10.6. The fourth-order valence-electron chi connectivity index (χ4n) is 2.77. The summed E-state index contributed by atoms with van der Waals surface area (Å²) in [6.07, 6.45) is 3.20. The van der Waals surface area contributed by atoms with Crippen molar-refractivity contribution in [2.24, 2.45) is 0 Å². The van der Waals surface area contributed by atoms with E-state index in [1.165, 1.54) is 11.1 Å². The Labute approximate surface area is 134 Å². The SMILES string of the molecule is CCN(C)C(CCc1ccccc1)Cc1ccc(C)c(O)c1. The Kier molecular flexibility index (Phi) is 6.02. The molecule has 0 aromatic heterocycles. The molecule has 1 atom stereocenters. The molecule has 0 radical (unpaired) electrons. The Morgan fingerprint density at radius 3 is 2.41 bits per heavy atom. The molecule has 2 aromatic rings. The van der Waals surface area contributed by atoms with E-state index in [2.05, 4.69) is 55.3 Å². The predicted octanol–water partition coefficient (Wildman–Crippen LogP) is 4.20. The highest BCUT2D eigenvalue weighted by Crippen LogP contribution is 2.21. The molecule has 0 fully saturated rings. The minimum Gasteiger partial charge on any atom is -0.508 e. The largest absolute Gasteiger partial charge is 0.508 e. The molecule has 1 N–H and O–H groups in total. The Hall–Kier alpha value is -1.80. The third-order valence-electron chi connectivity index (χ3n) is 4.48. The zero-order chi connectivity index (χ0) is 15.9. The second-order valence-electron chi connectivity index (χ2n) is 6.08. The first-order valence-corrected chi connectivity index (χ1v) is 8.12. The van der Waals surface area contributed by atoms with Gasteiger partial charge >= 0.3 is 0 Å². The molecule has 0 aliphatic rings. The molecule has 0 heterocycles. The highest BCUT2D eigenvalue weighted by atomic mass is 16.3. The van der Waals surface area contributed by atoms with Crippen molar-refractivity contribution in [3.63, 3.8) is 0 Å². The highest BCUT2D eigenvalue weighted by Gasteiger charge is 2.15. The average molecular weight is 297 g/mol. The van der Waals surface area contributed by atoms with Gasteiger partial charge in [0.05, 0.1) is 0 Å². The second-order valence-corrected chi connectivity index (χ2v) is 6.08. The summed E-state index contributed by atoms with van der Waals surface area (Å²) >= 11 is 0. The molecule has 0 aliphatic carbocycles. The third kappa shape index (κ3) is 4.60. The van der Waals surface area contributed by atoms with Gasteiger partial charge in [0.2, 0.25) is 0 Å². The van der Waals surface area contributed by atoms with Crippen LogP contribution in [0.25, 0.3) is 0 Å². The van der Waals surface area contributed by atoms with E-state index in [0.29, 0.717) is 11.8 Å². The van der Waals surface area contributed by atoms with E-state index in [4.69, 9.17) is 0 Å². The van der Waals surface area contributed by atoms with Crippen molar-refractivity contribution >= 4 is 0 Å². The number of benzene rings is 2. The van der Waals surface area contributed by atoms with E-state index >= 15 is 0 Å². The molecular formula is C20H27NO. The molecule has 1 unspecified atom stereocenters. The van der Waals surface area contributed by atoms with Gasteiger partial charge in [-0.25, -0.2) is 0 Å². The predicted molar refractivity (Wildman–Crippen MR) is 93.4 cm³/mol. The molecule has 0 saturated heterocycles. The van der Waals surface area contributed by atoms with Gasteiger partial charge in [-0.3, -0.25) is 0 Å². The fourth-order valence-corrected chi connectivity index (χ4v) is 2.77. The molecule has 0 amide bonds. The summed E-state index contributed by atoms with van der Waals surface area (Å²) in [5.41, 5.74) is 3.54. The Morgan fingerprint density at radius 2 is 1.77 bits per heavy atom. The first-order valence-electron chi connectivity index (χ1n) is 8.12. The number of phenols is 1. The molecule has 2 aromatic carbocycles. The smallest absolute Gasteiger partial charge is 0.118 e. The molecule has 2 heteroatoms. The second kappa shape index (κ2) is 8.00. The lowest BCUT2D eigenvalue weighted by Gasteiger charge is -2.27. The van der Waals surface area contributed by atoms with Crippen LogP contribution < -0.4 is 0 Å². The zero-order valence-corrected chi connectivity index (χ0v) is 13.9. The van der Waals surface area contributed by atoms with Gasteiger partial charge in [-0.2, -0.15) is 0 Å². The van der Waals surface area contributed by atoms with Gasteiger partial charge in [-0.1, -0.05) is 49.4 Å². The van der Waals surface area contributed by atoms with E-state index < -0.39 is 0 Å². The molecular weight excluding hydrogens is 270 g/mol. The number of nitrogens with zero attached hydrogens (tertiary/aromatic N) is 1. The van der Waals surface area contributed by atoms with Gasteiger partial charge in [0.1, 0.15) is 5.75 Å². The third-order valence-corrected chi connectivity index (χ3v) is 4.48. The standard InChI is InChI=1S/C20H27NO/c1-4-21(3)19(13-12-17-8-6-5-7-9-17)14-18-11-10-16(2)20(22)15-18/h5-11,15,19,22H,4,12-14H2,1-3H3. The van der Waals surface area contributed by atoms with Crippen molar-refractivity contribution < 1.29 is 5.11 Å². The minimum atomic E-state index is 0.401. The Morgan fingerprint density at radius 1 is 1.05 bits per heavy atom. The van der Waals surface area contributed by atoms with Crippen molar-refractivity contribution in [2.45, 2.75) is 39.2 Å². The first kappa shape index (κ1) is 16.6. The molecule has 2 rings (SSSR count). The van der Waals surface area contributed by atoms with Crippen LogP contribution in [0.1, 0.15) is 30.0 Å². The number of hydrogen-bond donors (Lipinski definition) is 1. The van der Waals surface area contributed by atoms with Crippen molar-refractivity contribution in [2.75, 3.05) is 13.6 Å². The molecule has 2 nitrogen and oxygen atoms in total. The summed E-state index contributed by atoms with van der Waals surface area (Å²) < 4.78 is 0. The van der Waals surface area contributed by atoms with Gasteiger partial charge in [0, 0.05) is 6.04 Å². The summed E-state index contributed by atoms with van der Waals surface area (Å²) in [7, 11) is 2.18. The average Bonchev–Trinajstić information content (AvgIpc) is 2.55. The maximum absolute atomic E-state index is 9.90. The van der Waals surface area contributed by atoms with E-state index in [1.807, 2.05) is 19.1 Å². The number of phenolic OH excluding ortho intramolecular Hbond substituents is 1. The summed E-state index contributed by atoms with van der Waals surface area (Å²) in [4.78, 5) is 2.40. The maximum Gasteiger partial charge on any atom is 0.118 e. The summed E-state index contributed by atoms with van der Waals surface area (Å²) in [6, 6.07) is 17.2. The van der Waals surface area contributed by atoms with Gasteiger partial charge < -0.3 is 10.0 Å². The number of hydrogen-bond acceptors (Lipinski definition) is 2.